The zero-order valence-electron chi connectivity index (χ0n) is 18.3. The van der Waals surface area contributed by atoms with Gasteiger partial charge in [-0.25, -0.2) is 4.98 Å². The summed E-state index contributed by atoms with van der Waals surface area (Å²) in [5, 5.41) is 6.96. The molecule has 5 rings (SSSR count). The van der Waals surface area contributed by atoms with Crippen LogP contribution in [0.25, 0.3) is 10.9 Å². The number of carbonyl (C=O) groups excluding carboxylic acids is 2. The molecule has 1 saturated heterocycles. The van der Waals surface area contributed by atoms with Crippen molar-refractivity contribution in [3.05, 3.63) is 53.0 Å². The maximum Gasteiger partial charge on any atom is 0.270 e. The summed E-state index contributed by atoms with van der Waals surface area (Å²) in [5.74, 6) is -0.0953. The summed E-state index contributed by atoms with van der Waals surface area (Å²) in [6, 6.07) is 7.33. The summed E-state index contributed by atoms with van der Waals surface area (Å²) >= 11 is 0. The maximum atomic E-state index is 13.0. The summed E-state index contributed by atoms with van der Waals surface area (Å²) in [4.78, 5) is 34.1. The minimum absolute atomic E-state index is 0.0522. The number of rotatable bonds is 5. The lowest BCUT2D eigenvalue weighted by molar-refractivity contribution is 0.0622. The van der Waals surface area contributed by atoms with Crippen LogP contribution in [0.1, 0.15) is 44.9 Å². The lowest BCUT2D eigenvalue weighted by Gasteiger charge is -2.23. The number of nitrogens with one attached hydrogen (secondary N) is 2. The first-order valence-electron chi connectivity index (χ1n) is 11.0. The highest BCUT2D eigenvalue weighted by molar-refractivity contribution is 6.09. The van der Waals surface area contributed by atoms with E-state index in [1.807, 2.05) is 18.2 Å². The molecule has 0 saturated carbocycles. The van der Waals surface area contributed by atoms with Gasteiger partial charge in [-0.05, 0) is 38.0 Å². The number of nitrogens with two attached hydrogens (primary N) is 1. The van der Waals surface area contributed by atoms with E-state index in [9.17, 15) is 9.59 Å². The van der Waals surface area contributed by atoms with Crippen LogP contribution in [0, 0.1) is 6.92 Å². The van der Waals surface area contributed by atoms with Crippen molar-refractivity contribution in [2.75, 3.05) is 25.1 Å². The number of ether oxygens (including phenoxy) is 2. The van der Waals surface area contributed by atoms with E-state index in [2.05, 4.69) is 20.6 Å². The molecule has 2 aliphatic heterocycles. The Balaban J connectivity index is 1.59. The molecule has 1 unspecified atom stereocenters. The topological polar surface area (TPSA) is 128 Å². The monoisotopic (exact) mass is 447 g/mol. The standard InChI is InChI=1S/C24H25N5O4/c1-13-21-16(10-19(27-13)24(31)28-14-4-3-8-32-12-14)22(17(11-26-21)23(25)30)29-18-5-2-6-20-15(18)7-9-33-20/h2,5-6,10-11,14H,3-4,7-9,12H2,1H3,(H2,25,30)(H,26,29)(H,28,31). The number of fused-ring (bicyclic) bond motifs is 2. The van der Waals surface area contributed by atoms with Crippen molar-refractivity contribution in [3.8, 4) is 5.75 Å². The average molecular weight is 447 g/mol. The Hall–Kier alpha value is -3.72. The molecule has 0 bridgehead atoms. The van der Waals surface area contributed by atoms with Crippen LogP contribution in [0.15, 0.2) is 30.5 Å². The van der Waals surface area contributed by atoms with Crippen molar-refractivity contribution in [2.45, 2.75) is 32.2 Å². The van der Waals surface area contributed by atoms with E-state index in [1.54, 1.807) is 13.0 Å². The van der Waals surface area contributed by atoms with Gasteiger partial charge in [-0.2, -0.15) is 0 Å². The van der Waals surface area contributed by atoms with Gasteiger partial charge in [0.15, 0.2) is 0 Å². The van der Waals surface area contributed by atoms with Gasteiger partial charge in [-0.15, -0.1) is 0 Å². The number of nitrogens with zero attached hydrogens (tertiary/aromatic N) is 2. The van der Waals surface area contributed by atoms with E-state index < -0.39 is 5.91 Å². The first kappa shape index (κ1) is 21.1. The number of benzene rings is 1. The molecular formula is C24H25N5O4. The van der Waals surface area contributed by atoms with Gasteiger partial charge in [0.2, 0.25) is 0 Å². The highest BCUT2D eigenvalue weighted by atomic mass is 16.5. The Morgan fingerprint density at radius 2 is 2.12 bits per heavy atom. The summed E-state index contributed by atoms with van der Waals surface area (Å²) in [6.45, 7) is 3.59. The molecule has 4 N–H and O–H groups in total. The number of hydrogen-bond acceptors (Lipinski definition) is 7. The summed E-state index contributed by atoms with van der Waals surface area (Å²) < 4.78 is 11.1. The molecule has 1 atom stereocenters. The second-order valence-corrected chi connectivity index (χ2v) is 8.29. The van der Waals surface area contributed by atoms with Crippen LogP contribution < -0.4 is 21.1 Å². The van der Waals surface area contributed by atoms with Gasteiger partial charge in [0.25, 0.3) is 11.8 Å². The van der Waals surface area contributed by atoms with Gasteiger partial charge in [0.1, 0.15) is 11.4 Å². The summed E-state index contributed by atoms with van der Waals surface area (Å²) in [5.41, 5.74) is 9.67. The van der Waals surface area contributed by atoms with Gasteiger partial charge >= 0.3 is 0 Å². The van der Waals surface area contributed by atoms with Crippen molar-refractivity contribution in [1.82, 2.24) is 15.3 Å². The third-order valence-electron chi connectivity index (χ3n) is 6.02. The molecule has 4 heterocycles. The minimum atomic E-state index is -0.615. The number of pyridine rings is 2. The van der Waals surface area contributed by atoms with Crippen LogP contribution in [0.5, 0.6) is 5.75 Å². The first-order valence-corrected chi connectivity index (χ1v) is 11.0. The fourth-order valence-electron chi connectivity index (χ4n) is 4.38. The number of anilines is 2. The molecule has 0 spiro atoms. The Kier molecular flexibility index (Phi) is 5.55. The molecule has 2 amide bonds. The second-order valence-electron chi connectivity index (χ2n) is 8.29. The minimum Gasteiger partial charge on any atom is -0.493 e. The zero-order chi connectivity index (χ0) is 22.9. The van der Waals surface area contributed by atoms with Crippen molar-refractivity contribution in [1.29, 1.82) is 0 Å². The maximum absolute atomic E-state index is 13.0. The normalized spacial score (nSPS) is 17.3. The zero-order valence-corrected chi connectivity index (χ0v) is 18.3. The third kappa shape index (κ3) is 4.07. The number of amides is 2. The molecule has 0 aliphatic carbocycles. The predicted molar refractivity (Wildman–Crippen MR) is 123 cm³/mol. The van der Waals surface area contributed by atoms with Gasteiger partial charge in [-0.1, -0.05) is 6.07 Å². The summed E-state index contributed by atoms with van der Waals surface area (Å²) in [7, 11) is 0. The third-order valence-corrected chi connectivity index (χ3v) is 6.02. The predicted octanol–water partition coefficient (Wildman–Crippen LogP) is 2.62. The van der Waals surface area contributed by atoms with E-state index in [0.29, 0.717) is 42.1 Å². The van der Waals surface area contributed by atoms with Crippen LogP contribution in [0.4, 0.5) is 11.4 Å². The number of carbonyl (C=O) groups is 2. The molecular weight excluding hydrogens is 422 g/mol. The number of aromatic nitrogens is 2. The molecule has 2 aliphatic rings. The van der Waals surface area contributed by atoms with Gasteiger partial charge in [0, 0.05) is 35.9 Å². The second kappa shape index (κ2) is 8.67. The summed E-state index contributed by atoms with van der Waals surface area (Å²) in [6.07, 6.45) is 3.96. The van der Waals surface area contributed by atoms with Crippen LogP contribution in [0.3, 0.4) is 0 Å². The Bertz CT molecular complexity index is 1250. The SMILES string of the molecule is Cc1nc(C(=O)NC2CCCOC2)cc2c(Nc3cccc4c3CCO4)c(C(N)=O)cnc12. The first-order chi connectivity index (χ1) is 16.0. The number of aryl methyl sites for hydroxylation is 1. The van der Waals surface area contributed by atoms with Crippen LogP contribution in [-0.4, -0.2) is 47.6 Å². The van der Waals surface area contributed by atoms with E-state index in [0.717, 1.165) is 36.3 Å². The lowest BCUT2D eigenvalue weighted by Crippen LogP contribution is -2.41. The highest BCUT2D eigenvalue weighted by Gasteiger charge is 2.23. The van der Waals surface area contributed by atoms with Crippen molar-refractivity contribution in [2.24, 2.45) is 5.73 Å². The Labute approximate surface area is 190 Å². The van der Waals surface area contributed by atoms with E-state index in [4.69, 9.17) is 15.2 Å². The molecule has 1 aromatic carbocycles. The number of hydrogen-bond donors (Lipinski definition) is 3. The van der Waals surface area contributed by atoms with Crippen LogP contribution >= 0.6 is 0 Å². The molecule has 0 radical (unpaired) electrons. The molecule has 2 aromatic heterocycles. The van der Waals surface area contributed by atoms with Gasteiger partial charge in [-0.3, -0.25) is 14.6 Å². The van der Waals surface area contributed by atoms with Crippen molar-refractivity contribution < 1.29 is 19.1 Å². The fourth-order valence-corrected chi connectivity index (χ4v) is 4.38. The largest absolute Gasteiger partial charge is 0.493 e. The van der Waals surface area contributed by atoms with E-state index in [1.165, 1.54) is 6.20 Å². The quantitative estimate of drug-likeness (QED) is 0.548. The number of primary amides is 1. The van der Waals surface area contributed by atoms with E-state index in [-0.39, 0.29) is 23.2 Å². The molecule has 33 heavy (non-hydrogen) atoms. The van der Waals surface area contributed by atoms with Gasteiger partial charge < -0.3 is 25.8 Å². The smallest absolute Gasteiger partial charge is 0.270 e. The molecule has 3 aromatic rings. The highest BCUT2D eigenvalue weighted by Crippen LogP contribution is 2.36. The Morgan fingerprint density at radius 3 is 2.91 bits per heavy atom. The lowest BCUT2D eigenvalue weighted by atomic mass is 10.0. The molecule has 1 fully saturated rings. The van der Waals surface area contributed by atoms with Crippen LogP contribution in [0.2, 0.25) is 0 Å². The fraction of sp³-hybridized carbons (Fsp3) is 0.333. The van der Waals surface area contributed by atoms with E-state index >= 15 is 0 Å². The van der Waals surface area contributed by atoms with Crippen molar-refractivity contribution in [3.63, 3.8) is 0 Å². The van der Waals surface area contributed by atoms with Gasteiger partial charge in [0.05, 0.1) is 41.7 Å². The average Bonchev–Trinajstić information content (AvgIpc) is 3.30. The van der Waals surface area contributed by atoms with Crippen molar-refractivity contribution >= 4 is 34.1 Å². The molecule has 9 nitrogen and oxygen atoms in total. The van der Waals surface area contributed by atoms with Crippen LogP contribution in [-0.2, 0) is 11.2 Å². The Morgan fingerprint density at radius 1 is 1.24 bits per heavy atom. The molecule has 9 heteroatoms. The molecule has 170 valence electrons.